The quantitative estimate of drug-likeness (QED) is 0.590. The first-order chi connectivity index (χ1) is 13.6. The molecule has 0 aromatic heterocycles. The second kappa shape index (κ2) is 10.0. The van der Waals surface area contributed by atoms with Crippen LogP contribution in [0.5, 0.6) is 0 Å². The molecule has 0 aliphatic carbocycles. The number of nitrogens with one attached hydrogen (secondary N) is 2. The van der Waals surface area contributed by atoms with Gasteiger partial charge < -0.3 is 15.5 Å². The fourth-order valence-corrected chi connectivity index (χ4v) is 3.22. The summed E-state index contributed by atoms with van der Waals surface area (Å²) in [7, 11) is 1.74. The van der Waals surface area contributed by atoms with Crippen LogP contribution < -0.4 is 15.5 Å². The molecule has 1 heterocycles. The van der Waals surface area contributed by atoms with Crippen molar-refractivity contribution in [3.63, 3.8) is 0 Å². The fourth-order valence-electron chi connectivity index (χ4n) is 3.22. The van der Waals surface area contributed by atoms with E-state index in [0.29, 0.717) is 6.54 Å². The molecule has 7 heteroatoms. The maximum atomic E-state index is 13.1. The lowest BCUT2D eigenvalue weighted by molar-refractivity contribution is 0.261. The SMILES string of the molecule is CN=C(NCCN1CCN(c2ccc(F)cc2)CC1)NCc1ccc(F)cc1. The molecule has 2 aromatic rings. The van der Waals surface area contributed by atoms with Gasteiger partial charge in [0.1, 0.15) is 11.6 Å². The Labute approximate surface area is 165 Å². The Morgan fingerprint density at radius 2 is 1.50 bits per heavy atom. The standard InChI is InChI=1S/C21H27F2N5/c1-24-21(26-16-17-2-4-18(22)5-3-17)25-10-11-27-12-14-28(15-13-27)20-8-6-19(23)7-9-20/h2-9H,10-16H2,1H3,(H2,24,25,26). The van der Waals surface area contributed by atoms with E-state index in [0.717, 1.165) is 56.5 Å². The lowest BCUT2D eigenvalue weighted by atomic mass is 10.2. The average Bonchev–Trinajstić information content (AvgIpc) is 2.73. The van der Waals surface area contributed by atoms with Gasteiger partial charge in [0.15, 0.2) is 5.96 Å². The predicted octanol–water partition coefficient (Wildman–Crippen LogP) is 2.45. The first kappa shape index (κ1) is 20.1. The number of benzene rings is 2. The molecule has 28 heavy (non-hydrogen) atoms. The Morgan fingerprint density at radius 1 is 0.893 bits per heavy atom. The van der Waals surface area contributed by atoms with Crippen LogP contribution in [0.25, 0.3) is 0 Å². The van der Waals surface area contributed by atoms with Crippen LogP contribution in [0.2, 0.25) is 0 Å². The summed E-state index contributed by atoms with van der Waals surface area (Å²) in [5.41, 5.74) is 2.07. The monoisotopic (exact) mass is 387 g/mol. The van der Waals surface area contributed by atoms with Gasteiger partial charge in [0.05, 0.1) is 0 Å². The van der Waals surface area contributed by atoms with E-state index in [-0.39, 0.29) is 11.6 Å². The summed E-state index contributed by atoms with van der Waals surface area (Å²) in [6, 6.07) is 13.1. The number of aliphatic imine (C=N–C) groups is 1. The molecule has 2 N–H and O–H groups in total. The minimum absolute atomic E-state index is 0.199. The number of hydrogen-bond acceptors (Lipinski definition) is 3. The third kappa shape index (κ3) is 5.92. The number of piperazine rings is 1. The summed E-state index contributed by atoms with van der Waals surface area (Å²) >= 11 is 0. The lowest BCUT2D eigenvalue weighted by Gasteiger charge is -2.36. The van der Waals surface area contributed by atoms with Crippen LogP contribution in [-0.4, -0.2) is 57.2 Å². The normalized spacial score (nSPS) is 15.5. The molecular weight excluding hydrogens is 360 g/mol. The van der Waals surface area contributed by atoms with Gasteiger partial charge in [-0.2, -0.15) is 0 Å². The highest BCUT2D eigenvalue weighted by molar-refractivity contribution is 5.79. The molecule has 1 aliphatic rings. The summed E-state index contributed by atoms with van der Waals surface area (Å²) in [5.74, 6) is 0.301. The number of nitrogens with zero attached hydrogens (tertiary/aromatic N) is 3. The highest BCUT2D eigenvalue weighted by atomic mass is 19.1. The molecule has 0 atom stereocenters. The molecule has 0 spiro atoms. The van der Waals surface area contributed by atoms with Crippen molar-refractivity contribution in [2.24, 2.45) is 4.99 Å². The summed E-state index contributed by atoms with van der Waals surface area (Å²) in [6.07, 6.45) is 0. The molecule has 3 rings (SSSR count). The largest absolute Gasteiger partial charge is 0.369 e. The van der Waals surface area contributed by atoms with Crippen molar-refractivity contribution in [2.75, 3.05) is 51.2 Å². The van der Waals surface area contributed by atoms with Crippen LogP contribution >= 0.6 is 0 Å². The number of hydrogen-bond donors (Lipinski definition) is 2. The van der Waals surface area contributed by atoms with Gasteiger partial charge in [0, 0.05) is 58.5 Å². The Kier molecular flexibility index (Phi) is 7.19. The third-order valence-corrected chi connectivity index (χ3v) is 4.88. The molecule has 1 fully saturated rings. The van der Waals surface area contributed by atoms with Crippen LogP contribution in [0.3, 0.4) is 0 Å². The maximum Gasteiger partial charge on any atom is 0.191 e. The van der Waals surface area contributed by atoms with Gasteiger partial charge >= 0.3 is 0 Å². The van der Waals surface area contributed by atoms with E-state index in [1.54, 1.807) is 19.2 Å². The summed E-state index contributed by atoms with van der Waals surface area (Å²) in [5, 5.41) is 6.55. The molecule has 0 saturated carbocycles. The van der Waals surface area contributed by atoms with Gasteiger partial charge in [-0.3, -0.25) is 9.89 Å². The van der Waals surface area contributed by atoms with Crippen molar-refractivity contribution >= 4 is 11.6 Å². The van der Waals surface area contributed by atoms with E-state index in [4.69, 9.17) is 0 Å². The van der Waals surface area contributed by atoms with Crippen molar-refractivity contribution < 1.29 is 8.78 Å². The van der Waals surface area contributed by atoms with Crippen molar-refractivity contribution in [3.8, 4) is 0 Å². The molecule has 0 amide bonds. The average molecular weight is 387 g/mol. The van der Waals surface area contributed by atoms with E-state index < -0.39 is 0 Å². The van der Waals surface area contributed by atoms with Crippen molar-refractivity contribution in [1.29, 1.82) is 0 Å². The van der Waals surface area contributed by atoms with E-state index in [1.807, 2.05) is 12.1 Å². The van der Waals surface area contributed by atoms with Gasteiger partial charge in [-0.15, -0.1) is 0 Å². The summed E-state index contributed by atoms with van der Waals surface area (Å²) in [4.78, 5) is 8.91. The number of guanidine groups is 1. The molecule has 0 bridgehead atoms. The topological polar surface area (TPSA) is 42.9 Å². The van der Waals surface area contributed by atoms with E-state index >= 15 is 0 Å². The zero-order valence-electron chi connectivity index (χ0n) is 16.2. The fraction of sp³-hybridized carbons (Fsp3) is 0.381. The Hall–Kier alpha value is -2.67. The zero-order chi connectivity index (χ0) is 19.8. The smallest absolute Gasteiger partial charge is 0.191 e. The van der Waals surface area contributed by atoms with Gasteiger partial charge in [-0.1, -0.05) is 12.1 Å². The summed E-state index contributed by atoms with van der Waals surface area (Å²) in [6.45, 7) is 6.12. The maximum absolute atomic E-state index is 13.1. The number of anilines is 1. The van der Waals surface area contributed by atoms with Crippen LogP contribution in [-0.2, 0) is 6.54 Å². The van der Waals surface area contributed by atoms with Crippen LogP contribution in [0, 0.1) is 11.6 Å². The van der Waals surface area contributed by atoms with Gasteiger partial charge in [-0.25, -0.2) is 8.78 Å². The highest BCUT2D eigenvalue weighted by Crippen LogP contribution is 2.16. The molecule has 150 valence electrons. The molecule has 5 nitrogen and oxygen atoms in total. The van der Waals surface area contributed by atoms with Gasteiger partial charge in [0.25, 0.3) is 0 Å². The van der Waals surface area contributed by atoms with E-state index in [1.165, 1.54) is 24.3 Å². The first-order valence-electron chi connectivity index (χ1n) is 9.56. The van der Waals surface area contributed by atoms with E-state index in [9.17, 15) is 8.78 Å². The Bertz CT molecular complexity index is 753. The van der Waals surface area contributed by atoms with Gasteiger partial charge in [0.2, 0.25) is 0 Å². The van der Waals surface area contributed by atoms with Crippen LogP contribution in [0.1, 0.15) is 5.56 Å². The van der Waals surface area contributed by atoms with Crippen molar-refractivity contribution in [2.45, 2.75) is 6.54 Å². The number of rotatable bonds is 6. The summed E-state index contributed by atoms with van der Waals surface area (Å²) < 4.78 is 26.0. The van der Waals surface area contributed by atoms with Gasteiger partial charge in [-0.05, 0) is 42.0 Å². The molecule has 0 radical (unpaired) electrons. The lowest BCUT2D eigenvalue weighted by Crippen LogP contribution is -2.49. The van der Waals surface area contributed by atoms with Crippen molar-refractivity contribution in [3.05, 3.63) is 65.7 Å². The van der Waals surface area contributed by atoms with Crippen LogP contribution in [0.15, 0.2) is 53.5 Å². The second-order valence-corrected chi connectivity index (χ2v) is 6.78. The second-order valence-electron chi connectivity index (χ2n) is 6.78. The molecular formula is C21H27F2N5. The van der Waals surface area contributed by atoms with E-state index in [2.05, 4.69) is 25.4 Å². The minimum Gasteiger partial charge on any atom is -0.369 e. The highest BCUT2D eigenvalue weighted by Gasteiger charge is 2.16. The Balaban J connectivity index is 1.35. The molecule has 2 aromatic carbocycles. The third-order valence-electron chi connectivity index (χ3n) is 4.88. The number of halogens is 2. The Morgan fingerprint density at radius 3 is 2.11 bits per heavy atom. The molecule has 0 unspecified atom stereocenters. The zero-order valence-corrected chi connectivity index (χ0v) is 16.2. The molecule has 1 aliphatic heterocycles. The predicted molar refractivity (Wildman–Crippen MR) is 110 cm³/mol. The van der Waals surface area contributed by atoms with Crippen molar-refractivity contribution in [1.82, 2.24) is 15.5 Å². The first-order valence-corrected chi connectivity index (χ1v) is 9.56. The minimum atomic E-state index is -0.231. The molecule has 1 saturated heterocycles. The van der Waals surface area contributed by atoms with Crippen LogP contribution in [0.4, 0.5) is 14.5 Å².